The first kappa shape index (κ1) is 13.2. The van der Waals surface area contributed by atoms with Crippen molar-refractivity contribution in [2.45, 2.75) is 45.4 Å². The normalized spacial score (nSPS) is 34.1. The highest BCUT2D eigenvalue weighted by molar-refractivity contribution is 5.68. The zero-order valence-electron chi connectivity index (χ0n) is 13.1. The van der Waals surface area contributed by atoms with E-state index in [2.05, 4.69) is 26.0 Å². The van der Waals surface area contributed by atoms with E-state index in [-0.39, 0.29) is 5.41 Å². The van der Waals surface area contributed by atoms with Crippen LogP contribution in [0.2, 0.25) is 0 Å². The molecule has 0 bridgehead atoms. The van der Waals surface area contributed by atoms with Gasteiger partial charge in [0, 0.05) is 16.9 Å². The largest absolute Gasteiger partial charge is 0.512 e. The van der Waals surface area contributed by atoms with E-state index in [1.54, 1.807) is 7.11 Å². The third-order valence-corrected chi connectivity index (χ3v) is 6.08. The van der Waals surface area contributed by atoms with E-state index < -0.39 is 0 Å². The van der Waals surface area contributed by atoms with Crippen LogP contribution in [0.25, 0.3) is 6.08 Å². The Bertz CT molecular complexity index is 627. The van der Waals surface area contributed by atoms with Gasteiger partial charge in [-0.05, 0) is 67.7 Å². The van der Waals surface area contributed by atoms with E-state index in [0.29, 0.717) is 11.7 Å². The van der Waals surface area contributed by atoms with Crippen LogP contribution in [0.4, 0.5) is 0 Å². The highest BCUT2D eigenvalue weighted by Crippen LogP contribution is 2.64. The molecule has 2 saturated carbocycles. The van der Waals surface area contributed by atoms with Gasteiger partial charge < -0.3 is 9.84 Å². The predicted octanol–water partition coefficient (Wildman–Crippen LogP) is 4.83. The maximum absolute atomic E-state index is 10.7. The smallest absolute Gasteiger partial charge is 0.126 e. The molecule has 3 aliphatic carbocycles. The SMILES string of the molecule is COc1cc(C)cc2c1C=C(O)[C@]1(C)CC[C@H](C3CC3)[C@H]21. The Morgan fingerprint density at radius 3 is 2.67 bits per heavy atom. The third kappa shape index (κ3) is 1.77. The van der Waals surface area contributed by atoms with E-state index in [0.717, 1.165) is 29.6 Å². The summed E-state index contributed by atoms with van der Waals surface area (Å²) in [6.45, 7) is 4.39. The van der Waals surface area contributed by atoms with Crippen molar-refractivity contribution < 1.29 is 9.84 Å². The molecule has 1 aromatic carbocycles. The van der Waals surface area contributed by atoms with Crippen molar-refractivity contribution in [1.29, 1.82) is 0 Å². The summed E-state index contributed by atoms with van der Waals surface area (Å²) in [5.41, 5.74) is 3.69. The summed E-state index contributed by atoms with van der Waals surface area (Å²) in [5.74, 6) is 3.53. The number of ether oxygens (including phenoxy) is 1. The maximum atomic E-state index is 10.7. The molecular formula is C19H24O2. The maximum Gasteiger partial charge on any atom is 0.126 e. The van der Waals surface area contributed by atoms with E-state index in [1.807, 2.05) is 6.08 Å². The molecule has 0 unspecified atom stereocenters. The van der Waals surface area contributed by atoms with Crippen molar-refractivity contribution in [3.05, 3.63) is 34.6 Å². The molecule has 1 N–H and O–H groups in total. The Hall–Kier alpha value is -1.44. The topological polar surface area (TPSA) is 29.5 Å². The molecule has 3 aliphatic rings. The summed E-state index contributed by atoms with van der Waals surface area (Å²) < 4.78 is 5.58. The molecule has 112 valence electrons. The summed E-state index contributed by atoms with van der Waals surface area (Å²) in [4.78, 5) is 0. The lowest BCUT2D eigenvalue weighted by Gasteiger charge is -2.39. The Labute approximate surface area is 126 Å². The van der Waals surface area contributed by atoms with Gasteiger partial charge in [-0.25, -0.2) is 0 Å². The minimum atomic E-state index is -0.0704. The monoisotopic (exact) mass is 284 g/mol. The van der Waals surface area contributed by atoms with Crippen LogP contribution in [0.15, 0.2) is 17.9 Å². The molecule has 21 heavy (non-hydrogen) atoms. The van der Waals surface area contributed by atoms with Gasteiger partial charge in [-0.15, -0.1) is 0 Å². The first-order valence-electron chi connectivity index (χ1n) is 8.14. The Morgan fingerprint density at radius 2 is 2.00 bits per heavy atom. The Balaban J connectivity index is 1.93. The quantitative estimate of drug-likeness (QED) is 0.843. The average Bonchev–Trinajstić information content (AvgIpc) is 3.22. The fourth-order valence-corrected chi connectivity index (χ4v) is 4.83. The van der Waals surface area contributed by atoms with Gasteiger partial charge in [0.05, 0.1) is 12.9 Å². The van der Waals surface area contributed by atoms with Crippen LogP contribution >= 0.6 is 0 Å². The van der Waals surface area contributed by atoms with Crippen LogP contribution in [0.3, 0.4) is 0 Å². The summed E-state index contributed by atoms with van der Waals surface area (Å²) in [6.07, 6.45) is 7.07. The van der Waals surface area contributed by atoms with Gasteiger partial charge in [0.1, 0.15) is 5.75 Å². The van der Waals surface area contributed by atoms with Gasteiger partial charge in [0.25, 0.3) is 0 Å². The van der Waals surface area contributed by atoms with Crippen molar-refractivity contribution in [3.63, 3.8) is 0 Å². The summed E-state index contributed by atoms with van der Waals surface area (Å²) in [6, 6.07) is 4.40. The fourth-order valence-electron chi connectivity index (χ4n) is 4.83. The van der Waals surface area contributed by atoms with Crippen LogP contribution in [-0.2, 0) is 0 Å². The first-order chi connectivity index (χ1) is 10.0. The van der Waals surface area contributed by atoms with Crippen LogP contribution in [-0.4, -0.2) is 12.2 Å². The van der Waals surface area contributed by atoms with Crippen molar-refractivity contribution in [3.8, 4) is 5.75 Å². The van der Waals surface area contributed by atoms with Crippen molar-refractivity contribution in [2.24, 2.45) is 17.3 Å². The van der Waals surface area contributed by atoms with Gasteiger partial charge in [0.15, 0.2) is 0 Å². The second-order valence-corrected chi connectivity index (χ2v) is 7.43. The lowest BCUT2D eigenvalue weighted by molar-refractivity contribution is 0.202. The van der Waals surface area contributed by atoms with Crippen LogP contribution in [0.1, 0.15) is 55.2 Å². The summed E-state index contributed by atoms with van der Waals surface area (Å²) in [5, 5.41) is 10.7. The molecule has 0 aromatic heterocycles. The van der Waals surface area contributed by atoms with Crippen molar-refractivity contribution >= 4 is 6.08 Å². The second kappa shape index (κ2) is 4.28. The molecule has 0 heterocycles. The Kier molecular flexibility index (Phi) is 2.70. The number of benzene rings is 1. The van der Waals surface area contributed by atoms with Crippen LogP contribution in [0, 0.1) is 24.2 Å². The van der Waals surface area contributed by atoms with Crippen molar-refractivity contribution in [2.75, 3.05) is 7.11 Å². The molecular weight excluding hydrogens is 260 g/mol. The number of aliphatic hydroxyl groups is 1. The number of hydrogen-bond acceptors (Lipinski definition) is 2. The fraction of sp³-hybridized carbons (Fsp3) is 0.579. The van der Waals surface area contributed by atoms with E-state index in [1.165, 1.54) is 30.4 Å². The number of allylic oxidation sites excluding steroid dienone is 1. The lowest BCUT2D eigenvalue weighted by atomic mass is 9.66. The highest BCUT2D eigenvalue weighted by Gasteiger charge is 2.54. The molecule has 2 heteroatoms. The number of aliphatic hydroxyl groups excluding tert-OH is 1. The highest BCUT2D eigenvalue weighted by atomic mass is 16.5. The van der Waals surface area contributed by atoms with Gasteiger partial charge >= 0.3 is 0 Å². The zero-order chi connectivity index (χ0) is 14.8. The molecule has 0 radical (unpaired) electrons. The van der Waals surface area contributed by atoms with Gasteiger partial charge in [-0.2, -0.15) is 0 Å². The zero-order valence-corrected chi connectivity index (χ0v) is 13.1. The standard InChI is InChI=1S/C19H24O2/c1-11-8-15-14(16(9-11)21-3)10-17(20)19(2)7-6-13(18(15)19)12-4-5-12/h8-10,12-13,18,20H,4-7H2,1-3H3/t13-,18-,19+/m1/s1. The molecule has 3 atom stereocenters. The van der Waals surface area contributed by atoms with Gasteiger partial charge in [0.2, 0.25) is 0 Å². The van der Waals surface area contributed by atoms with Crippen LogP contribution in [0.5, 0.6) is 5.75 Å². The summed E-state index contributed by atoms with van der Waals surface area (Å²) in [7, 11) is 1.72. The number of methoxy groups -OCH3 is 1. The van der Waals surface area contributed by atoms with Crippen molar-refractivity contribution in [1.82, 2.24) is 0 Å². The molecule has 1 aromatic rings. The number of hydrogen-bond donors (Lipinski definition) is 1. The third-order valence-electron chi connectivity index (χ3n) is 6.08. The second-order valence-electron chi connectivity index (χ2n) is 7.43. The minimum absolute atomic E-state index is 0.0704. The van der Waals surface area contributed by atoms with Gasteiger partial charge in [-0.3, -0.25) is 0 Å². The molecule has 0 aliphatic heterocycles. The minimum Gasteiger partial charge on any atom is -0.512 e. The first-order valence-corrected chi connectivity index (χ1v) is 8.14. The number of fused-ring (bicyclic) bond motifs is 3. The lowest BCUT2D eigenvalue weighted by Crippen LogP contribution is -2.30. The van der Waals surface area contributed by atoms with E-state index in [9.17, 15) is 5.11 Å². The molecule has 4 rings (SSSR count). The summed E-state index contributed by atoms with van der Waals surface area (Å²) >= 11 is 0. The molecule has 2 nitrogen and oxygen atoms in total. The predicted molar refractivity (Wildman–Crippen MR) is 84.6 cm³/mol. The molecule has 2 fully saturated rings. The van der Waals surface area contributed by atoms with Gasteiger partial charge in [-0.1, -0.05) is 13.0 Å². The Morgan fingerprint density at radius 1 is 1.24 bits per heavy atom. The van der Waals surface area contributed by atoms with Crippen LogP contribution < -0.4 is 4.74 Å². The molecule has 0 spiro atoms. The van der Waals surface area contributed by atoms with E-state index >= 15 is 0 Å². The number of rotatable bonds is 2. The molecule has 0 saturated heterocycles. The number of aryl methyl sites for hydroxylation is 1. The van der Waals surface area contributed by atoms with E-state index in [4.69, 9.17) is 4.74 Å². The molecule has 0 amide bonds. The average molecular weight is 284 g/mol.